The molecule has 2 aromatic carbocycles. The van der Waals surface area contributed by atoms with Crippen molar-refractivity contribution in [1.82, 2.24) is 19.9 Å². The van der Waals surface area contributed by atoms with E-state index >= 15 is 0 Å². The molecule has 132 valence electrons. The molecule has 0 aliphatic carbocycles. The van der Waals surface area contributed by atoms with Gasteiger partial charge in [0, 0.05) is 19.1 Å². The highest BCUT2D eigenvalue weighted by Crippen LogP contribution is 2.35. The van der Waals surface area contributed by atoms with E-state index in [-0.39, 0.29) is 12.1 Å². The lowest BCUT2D eigenvalue weighted by Gasteiger charge is -2.40. The molecule has 4 rings (SSSR count). The minimum Gasteiger partial charge on any atom is -0.348 e. The fourth-order valence-corrected chi connectivity index (χ4v) is 3.60. The van der Waals surface area contributed by atoms with Gasteiger partial charge in [-0.2, -0.15) is 0 Å². The molecule has 0 radical (unpaired) electrons. The summed E-state index contributed by atoms with van der Waals surface area (Å²) in [5.74, 6) is -0.0203. The van der Waals surface area contributed by atoms with Crippen LogP contribution >= 0.6 is 11.6 Å². The van der Waals surface area contributed by atoms with Crippen LogP contribution in [0.1, 0.15) is 27.8 Å². The highest BCUT2D eigenvalue weighted by Gasteiger charge is 2.35. The zero-order chi connectivity index (χ0) is 18.3. The van der Waals surface area contributed by atoms with E-state index in [0.29, 0.717) is 17.1 Å². The Morgan fingerprint density at radius 2 is 1.88 bits per heavy atom. The summed E-state index contributed by atoms with van der Waals surface area (Å²) in [6, 6.07) is 15.2. The molecule has 1 amide bonds. The van der Waals surface area contributed by atoms with Gasteiger partial charge in [-0.15, -0.1) is 5.10 Å². The summed E-state index contributed by atoms with van der Waals surface area (Å²) in [4.78, 5) is 16.4. The molecular weight excluding hydrogens is 350 g/mol. The highest BCUT2D eigenvalue weighted by atomic mass is 35.5. The van der Waals surface area contributed by atoms with Crippen LogP contribution in [0, 0.1) is 0 Å². The number of carbonyl (C=O) groups excluding carboxylic acids is 1. The first-order chi connectivity index (χ1) is 12.5. The zero-order valence-electron chi connectivity index (χ0n) is 14.5. The number of rotatable bonds is 3. The van der Waals surface area contributed by atoms with Crippen molar-refractivity contribution >= 4 is 23.2 Å². The number of para-hydroxylation sites is 1. The summed E-state index contributed by atoms with van der Waals surface area (Å²) in [6.45, 7) is 0.568. The van der Waals surface area contributed by atoms with Crippen LogP contribution in [-0.2, 0) is 6.54 Å². The normalized spacial score (nSPS) is 16.7. The molecule has 0 fully saturated rings. The molecule has 2 heterocycles. The lowest BCUT2D eigenvalue weighted by Crippen LogP contribution is -2.45. The first-order valence-corrected chi connectivity index (χ1v) is 8.66. The number of amides is 1. The Bertz CT molecular complexity index is 970. The van der Waals surface area contributed by atoms with Gasteiger partial charge in [0.2, 0.25) is 0 Å². The van der Waals surface area contributed by atoms with Crippen molar-refractivity contribution in [2.75, 3.05) is 19.0 Å². The molecule has 3 aromatic rings. The maximum absolute atomic E-state index is 12.7. The number of nitrogens with zero attached hydrogens (tertiary/aromatic N) is 5. The van der Waals surface area contributed by atoms with Crippen LogP contribution in [0.5, 0.6) is 0 Å². The van der Waals surface area contributed by atoms with Crippen LogP contribution in [0.2, 0.25) is 5.02 Å². The first-order valence-electron chi connectivity index (χ1n) is 8.28. The summed E-state index contributed by atoms with van der Waals surface area (Å²) in [6.07, 6.45) is 1.57. The number of benzene rings is 2. The summed E-state index contributed by atoms with van der Waals surface area (Å²) in [5, 5.41) is 9.23. The molecule has 0 N–H and O–H groups in total. The monoisotopic (exact) mass is 367 g/mol. The Labute approximate surface area is 156 Å². The van der Waals surface area contributed by atoms with E-state index in [9.17, 15) is 4.79 Å². The standard InChI is InChI=1S/C19H18ClN5O/c1-23-17-9-4-3-8-15(17)19(26)24(2)18(23)16-12-25(22-21-16)11-13-6-5-7-14(20)10-13/h3-10,12,18H,11H2,1-2H3/t18-/m1/s1. The molecule has 0 spiro atoms. The van der Waals surface area contributed by atoms with Gasteiger partial charge < -0.3 is 9.80 Å². The van der Waals surface area contributed by atoms with Gasteiger partial charge in [-0.3, -0.25) is 4.79 Å². The molecule has 1 aromatic heterocycles. The lowest BCUT2D eigenvalue weighted by atomic mass is 10.1. The van der Waals surface area contributed by atoms with Crippen LogP contribution in [0.4, 0.5) is 5.69 Å². The molecule has 7 heteroatoms. The predicted octanol–water partition coefficient (Wildman–Crippen LogP) is 3.20. The van der Waals surface area contributed by atoms with Gasteiger partial charge in [0.25, 0.3) is 5.91 Å². The third-order valence-corrected chi connectivity index (χ3v) is 4.86. The fraction of sp³-hybridized carbons (Fsp3) is 0.211. The second-order valence-electron chi connectivity index (χ2n) is 6.39. The maximum atomic E-state index is 12.7. The lowest BCUT2D eigenvalue weighted by molar-refractivity contribution is 0.0707. The number of hydrogen-bond donors (Lipinski definition) is 0. The fourth-order valence-electron chi connectivity index (χ4n) is 3.38. The predicted molar refractivity (Wildman–Crippen MR) is 100 cm³/mol. The summed E-state index contributed by atoms with van der Waals surface area (Å²) in [5.41, 5.74) is 3.35. The Morgan fingerprint density at radius 1 is 1.08 bits per heavy atom. The Morgan fingerprint density at radius 3 is 2.69 bits per heavy atom. The van der Waals surface area contributed by atoms with Crippen molar-refractivity contribution in [3.63, 3.8) is 0 Å². The van der Waals surface area contributed by atoms with Gasteiger partial charge in [0.15, 0.2) is 6.17 Å². The molecular formula is C19H18ClN5O. The van der Waals surface area contributed by atoms with Crippen molar-refractivity contribution in [3.8, 4) is 0 Å². The molecule has 1 atom stereocenters. The SMILES string of the molecule is CN1C(=O)c2ccccc2N(C)[C@H]1c1cn(Cc2cccc(Cl)c2)nn1. The second-order valence-corrected chi connectivity index (χ2v) is 6.83. The molecule has 26 heavy (non-hydrogen) atoms. The van der Waals surface area contributed by atoms with E-state index in [1.165, 1.54) is 0 Å². The van der Waals surface area contributed by atoms with E-state index < -0.39 is 0 Å². The largest absolute Gasteiger partial charge is 0.348 e. The van der Waals surface area contributed by atoms with Crippen LogP contribution in [0.3, 0.4) is 0 Å². The van der Waals surface area contributed by atoms with Crippen molar-refractivity contribution in [1.29, 1.82) is 0 Å². The van der Waals surface area contributed by atoms with Gasteiger partial charge in [0.05, 0.1) is 24.0 Å². The third-order valence-electron chi connectivity index (χ3n) is 4.62. The molecule has 0 saturated carbocycles. The molecule has 0 bridgehead atoms. The minimum atomic E-state index is -0.300. The van der Waals surface area contributed by atoms with Crippen LogP contribution < -0.4 is 4.90 Å². The van der Waals surface area contributed by atoms with Crippen molar-refractivity contribution < 1.29 is 4.79 Å². The van der Waals surface area contributed by atoms with Gasteiger partial charge in [-0.1, -0.05) is 41.1 Å². The Hall–Kier alpha value is -2.86. The maximum Gasteiger partial charge on any atom is 0.257 e. The average Bonchev–Trinajstić information content (AvgIpc) is 3.08. The van der Waals surface area contributed by atoms with Gasteiger partial charge in [0.1, 0.15) is 5.69 Å². The molecule has 6 nitrogen and oxygen atoms in total. The Balaban J connectivity index is 1.64. The average molecular weight is 368 g/mol. The summed E-state index contributed by atoms with van der Waals surface area (Å²) in [7, 11) is 3.75. The quantitative estimate of drug-likeness (QED) is 0.713. The number of aromatic nitrogens is 3. The Kier molecular flexibility index (Phi) is 4.12. The van der Waals surface area contributed by atoms with Crippen LogP contribution in [-0.4, -0.2) is 39.9 Å². The van der Waals surface area contributed by atoms with E-state index in [2.05, 4.69) is 10.3 Å². The summed E-state index contributed by atoms with van der Waals surface area (Å²) >= 11 is 6.04. The summed E-state index contributed by atoms with van der Waals surface area (Å²) < 4.78 is 1.76. The highest BCUT2D eigenvalue weighted by molar-refractivity contribution is 6.30. The molecule has 0 saturated heterocycles. The number of halogens is 1. The second kappa shape index (κ2) is 6.46. The number of fused-ring (bicyclic) bond motifs is 1. The van der Waals surface area contributed by atoms with Crippen LogP contribution in [0.15, 0.2) is 54.7 Å². The van der Waals surface area contributed by atoms with Gasteiger partial charge in [-0.25, -0.2) is 4.68 Å². The van der Waals surface area contributed by atoms with Crippen molar-refractivity contribution in [2.45, 2.75) is 12.7 Å². The number of hydrogen-bond acceptors (Lipinski definition) is 4. The molecule has 0 unspecified atom stereocenters. The first kappa shape index (κ1) is 16.6. The van der Waals surface area contributed by atoms with E-state index in [4.69, 9.17) is 11.6 Å². The van der Waals surface area contributed by atoms with Gasteiger partial charge in [-0.05, 0) is 29.8 Å². The van der Waals surface area contributed by atoms with Crippen molar-refractivity contribution in [3.05, 3.63) is 76.6 Å². The third kappa shape index (κ3) is 2.82. The van der Waals surface area contributed by atoms with E-state index in [0.717, 1.165) is 16.9 Å². The van der Waals surface area contributed by atoms with E-state index in [1.54, 1.807) is 16.6 Å². The molecule has 1 aliphatic heterocycles. The number of carbonyl (C=O) groups is 1. The van der Waals surface area contributed by atoms with Crippen LogP contribution in [0.25, 0.3) is 0 Å². The van der Waals surface area contributed by atoms with Crippen molar-refractivity contribution in [2.24, 2.45) is 0 Å². The number of anilines is 1. The van der Waals surface area contributed by atoms with E-state index in [1.807, 2.05) is 66.7 Å². The van der Waals surface area contributed by atoms with Gasteiger partial charge >= 0.3 is 0 Å². The topological polar surface area (TPSA) is 54.3 Å². The minimum absolute atomic E-state index is 0.0203. The zero-order valence-corrected chi connectivity index (χ0v) is 15.3. The molecule has 1 aliphatic rings. The smallest absolute Gasteiger partial charge is 0.257 e.